The minimum atomic E-state index is -0.105. The number of carbonyl (C=O) groups is 1. The van der Waals surface area contributed by atoms with Crippen LogP contribution in [0.5, 0.6) is 0 Å². The lowest BCUT2D eigenvalue weighted by molar-refractivity contribution is 0.0925. The molecule has 1 unspecified atom stereocenters. The molecule has 0 bridgehead atoms. The number of aromatic nitrogens is 3. The Morgan fingerprint density at radius 2 is 2.44 bits per heavy atom. The maximum absolute atomic E-state index is 12.1. The van der Waals surface area contributed by atoms with Crippen molar-refractivity contribution in [2.24, 2.45) is 7.05 Å². The maximum atomic E-state index is 12.1. The van der Waals surface area contributed by atoms with Gasteiger partial charge in [0, 0.05) is 30.1 Å². The van der Waals surface area contributed by atoms with E-state index in [9.17, 15) is 4.79 Å². The molecular formula is C12H15BrN4O. The molecule has 1 amide bonds. The van der Waals surface area contributed by atoms with Crippen LogP contribution in [0.3, 0.4) is 0 Å². The zero-order valence-corrected chi connectivity index (χ0v) is 11.9. The van der Waals surface area contributed by atoms with Gasteiger partial charge in [0.25, 0.3) is 5.91 Å². The van der Waals surface area contributed by atoms with Gasteiger partial charge in [-0.15, -0.1) is 0 Å². The number of halogens is 1. The van der Waals surface area contributed by atoms with Crippen molar-refractivity contribution >= 4 is 21.8 Å². The predicted octanol–water partition coefficient (Wildman–Crippen LogP) is 2.39. The molecule has 5 nitrogen and oxygen atoms in total. The van der Waals surface area contributed by atoms with Gasteiger partial charge in [-0.25, -0.2) is 4.98 Å². The first-order valence-electron chi connectivity index (χ1n) is 5.73. The SMILES string of the molecule is CCC(NC(=O)c1cc(Br)cn1C)c1ncc[nH]1. The number of nitrogens with zero attached hydrogens (tertiary/aromatic N) is 2. The van der Waals surface area contributed by atoms with E-state index in [4.69, 9.17) is 0 Å². The van der Waals surface area contributed by atoms with E-state index in [1.54, 1.807) is 23.0 Å². The lowest BCUT2D eigenvalue weighted by Gasteiger charge is -2.14. The quantitative estimate of drug-likeness (QED) is 0.911. The van der Waals surface area contributed by atoms with Crippen molar-refractivity contribution in [3.63, 3.8) is 0 Å². The minimum Gasteiger partial charge on any atom is -0.347 e. The molecule has 18 heavy (non-hydrogen) atoms. The molecule has 6 heteroatoms. The number of carbonyl (C=O) groups excluding carboxylic acids is 1. The Bertz CT molecular complexity index is 532. The van der Waals surface area contributed by atoms with Crippen molar-refractivity contribution in [3.05, 3.63) is 40.6 Å². The van der Waals surface area contributed by atoms with Crippen LogP contribution in [0.1, 0.15) is 35.7 Å². The summed E-state index contributed by atoms with van der Waals surface area (Å²) in [5.41, 5.74) is 0.617. The monoisotopic (exact) mass is 310 g/mol. The summed E-state index contributed by atoms with van der Waals surface area (Å²) < 4.78 is 2.68. The van der Waals surface area contributed by atoms with Gasteiger partial charge in [-0.2, -0.15) is 0 Å². The van der Waals surface area contributed by atoms with E-state index in [2.05, 4.69) is 31.2 Å². The minimum absolute atomic E-state index is 0.0961. The lowest BCUT2D eigenvalue weighted by atomic mass is 10.2. The van der Waals surface area contributed by atoms with E-state index < -0.39 is 0 Å². The number of aromatic amines is 1. The average Bonchev–Trinajstić information content (AvgIpc) is 2.95. The summed E-state index contributed by atoms with van der Waals surface area (Å²) in [7, 11) is 1.84. The number of H-pyrrole nitrogens is 1. The predicted molar refractivity (Wildman–Crippen MR) is 72.2 cm³/mol. The Balaban J connectivity index is 2.13. The van der Waals surface area contributed by atoms with E-state index in [0.717, 1.165) is 16.7 Å². The number of aryl methyl sites for hydroxylation is 1. The van der Waals surface area contributed by atoms with E-state index >= 15 is 0 Å². The highest BCUT2D eigenvalue weighted by Crippen LogP contribution is 2.16. The summed E-state index contributed by atoms with van der Waals surface area (Å²) in [5, 5.41) is 2.97. The summed E-state index contributed by atoms with van der Waals surface area (Å²) in [6.45, 7) is 2.01. The summed E-state index contributed by atoms with van der Waals surface area (Å²) in [6.07, 6.45) is 6.07. The number of hydrogen-bond acceptors (Lipinski definition) is 2. The molecule has 0 aromatic carbocycles. The average molecular weight is 311 g/mol. The summed E-state index contributed by atoms with van der Waals surface area (Å²) in [5.74, 6) is 0.672. The fourth-order valence-corrected chi connectivity index (χ4v) is 2.34. The molecule has 2 heterocycles. The summed E-state index contributed by atoms with van der Waals surface area (Å²) >= 11 is 3.35. The second kappa shape index (κ2) is 5.39. The Labute approximate surface area is 114 Å². The van der Waals surface area contributed by atoms with Gasteiger partial charge in [0.05, 0.1) is 6.04 Å². The van der Waals surface area contributed by atoms with Gasteiger partial charge in [-0.05, 0) is 28.4 Å². The number of amides is 1. The molecule has 96 valence electrons. The molecule has 2 aromatic rings. The highest BCUT2D eigenvalue weighted by molar-refractivity contribution is 9.10. The normalized spacial score (nSPS) is 12.4. The van der Waals surface area contributed by atoms with E-state index in [1.807, 2.05) is 20.2 Å². The molecule has 0 fully saturated rings. The van der Waals surface area contributed by atoms with Gasteiger partial charge in [0.1, 0.15) is 11.5 Å². The highest BCUT2D eigenvalue weighted by atomic mass is 79.9. The van der Waals surface area contributed by atoms with E-state index in [0.29, 0.717) is 5.69 Å². The van der Waals surface area contributed by atoms with E-state index in [-0.39, 0.29) is 11.9 Å². The molecular weight excluding hydrogens is 296 g/mol. The molecule has 0 aliphatic carbocycles. The smallest absolute Gasteiger partial charge is 0.268 e. The fourth-order valence-electron chi connectivity index (χ4n) is 1.81. The third-order valence-electron chi connectivity index (χ3n) is 2.77. The maximum Gasteiger partial charge on any atom is 0.268 e. The molecule has 0 saturated heterocycles. The van der Waals surface area contributed by atoms with Crippen molar-refractivity contribution in [3.8, 4) is 0 Å². The Morgan fingerprint density at radius 3 is 2.94 bits per heavy atom. The van der Waals surface area contributed by atoms with Crippen LogP contribution >= 0.6 is 15.9 Å². The Kier molecular flexibility index (Phi) is 3.86. The van der Waals surface area contributed by atoms with Crippen LogP contribution in [0, 0.1) is 0 Å². The first-order chi connectivity index (χ1) is 8.61. The van der Waals surface area contributed by atoms with Crippen molar-refractivity contribution in [1.29, 1.82) is 0 Å². The molecule has 0 saturated carbocycles. The highest BCUT2D eigenvalue weighted by Gasteiger charge is 2.18. The summed E-state index contributed by atoms with van der Waals surface area (Å²) in [6, 6.07) is 1.70. The van der Waals surface area contributed by atoms with Gasteiger partial charge in [-0.3, -0.25) is 4.79 Å². The molecule has 2 rings (SSSR count). The molecule has 0 aliphatic rings. The largest absolute Gasteiger partial charge is 0.347 e. The Hall–Kier alpha value is -1.56. The van der Waals surface area contributed by atoms with Crippen molar-refractivity contribution < 1.29 is 4.79 Å². The van der Waals surface area contributed by atoms with Crippen molar-refractivity contribution in [2.45, 2.75) is 19.4 Å². The second-order valence-corrected chi connectivity index (χ2v) is 4.98. The summed E-state index contributed by atoms with van der Waals surface area (Å²) in [4.78, 5) is 19.3. The number of rotatable bonds is 4. The van der Waals surface area contributed by atoms with Crippen molar-refractivity contribution in [2.75, 3.05) is 0 Å². The molecule has 0 radical (unpaired) electrons. The van der Waals surface area contributed by atoms with Crippen LogP contribution in [-0.4, -0.2) is 20.4 Å². The van der Waals surface area contributed by atoms with Crippen LogP contribution in [0.4, 0.5) is 0 Å². The zero-order chi connectivity index (χ0) is 13.1. The van der Waals surface area contributed by atoms with Gasteiger partial charge in [0.15, 0.2) is 0 Å². The van der Waals surface area contributed by atoms with Crippen LogP contribution in [0.25, 0.3) is 0 Å². The fraction of sp³-hybridized carbons (Fsp3) is 0.333. The Morgan fingerprint density at radius 1 is 1.67 bits per heavy atom. The second-order valence-electron chi connectivity index (χ2n) is 4.06. The third-order valence-corrected chi connectivity index (χ3v) is 3.20. The van der Waals surface area contributed by atoms with E-state index in [1.165, 1.54) is 0 Å². The van der Waals surface area contributed by atoms with Crippen LogP contribution in [0.2, 0.25) is 0 Å². The van der Waals surface area contributed by atoms with Crippen LogP contribution in [-0.2, 0) is 7.05 Å². The first kappa shape index (κ1) is 12.9. The molecule has 0 spiro atoms. The lowest BCUT2D eigenvalue weighted by Crippen LogP contribution is -2.30. The van der Waals surface area contributed by atoms with Crippen molar-refractivity contribution in [1.82, 2.24) is 19.9 Å². The topological polar surface area (TPSA) is 62.7 Å². The zero-order valence-electron chi connectivity index (χ0n) is 10.3. The van der Waals surface area contributed by atoms with Crippen LogP contribution < -0.4 is 5.32 Å². The van der Waals surface area contributed by atoms with Gasteiger partial charge in [0.2, 0.25) is 0 Å². The molecule has 2 aromatic heterocycles. The van der Waals surface area contributed by atoms with Gasteiger partial charge in [-0.1, -0.05) is 6.92 Å². The molecule has 1 atom stereocenters. The molecule has 2 N–H and O–H groups in total. The number of imidazole rings is 1. The van der Waals surface area contributed by atoms with Crippen LogP contribution in [0.15, 0.2) is 29.1 Å². The first-order valence-corrected chi connectivity index (χ1v) is 6.53. The molecule has 0 aliphatic heterocycles. The van der Waals surface area contributed by atoms with Gasteiger partial charge >= 0.3 is 0 Å². The third kappa shape index (κ3) is 2.64. The number of nitrogens with one attached hydrogen (secondary N) is 2. The standard InChI is InChI=1S/C12H15BrN4O/c1-3-9(11-14-4-5-15-11)16-12(18)10-6-8(13)7-17(10)2/h4-7,9H,3H2,1-2H3,(H,14,15)(H,16,18). The number of hydrogen-bond donors (Lipinski definition) is 2. The van der Waals surface area contributed by atoms with Gasteiger partial charge < -0.3 is 14.9 Å².